The molecule has 0 atom stereocenters. The molecular formula is C53H34N2O. The van der Waals surface area contributed by atoms with E-state index in [0.717, 1.165) is 77.1 Å². The second kappa shape index (κ2) is 11.5. The Hall–Kier alpha value is -7.10. The molecule has 2 heterocycles. The van der Waals surface area contributed by atoms with Crippen LogP contribution in [0.1, 0.15) is 25.0 Å². The number of hydrogen-bond donors (Lipinski definition) is 0. The number of benzene rings is 9. The molecule has 3 heteroatoms. The summed E-state index contributed by atoms with van der Waals surface area (Å²) >= 11 is 0. The zero-order valence-electron chi connectivity index (χ0n) is 31.0. The lowest BCUT2D eigenvalue weighted by atomic mass is 9.82. The van der Waals surface area contributed by atoms with Gasteiger partial charge in [0.25, 0.3) is 0 Å². The van der Waals surface area contributed by atoms with Crippen molar-refractivity contribution in [3.05, 3.63) is 181 Å². The molecule has 0 amide bonds. The maximum absolute atomic E-state index is 6.85. The maximum Gasteiger partial charge on any atom is 0.143 e. The van der Waals surface area contributed by atoms with E-state index in [0.29, 0.717) is 0 Å². The van der Waals surface area contributed by atoms with E-state index in [9.17, 15) is 0 Å². The molecule has 9 aromatic carbocycles. The minimum absolute atomic E-state index is 0.0487. The summed E-state index contributed by atoms with van der Waals surface area (Å²) in [6, 6.07) is 59.2. The van der Waals surface area contributed by atoms with Gasteiger partial charge in [-0.2, -0.15) is 0 Å². The lowest BCUT2D eigenvalue weighted by molar-refractivity contribution is 0.660. The van der Waals surface area contributed by atoms with Gasteiger partial charge in [-0.15, -0.1) is 0 Å². The Labute approximate surface area is 323 Å². The molecule has 56 heavy (non-hydrogen) atoms. The van der Waals surface area contributed by atoms with Crippen molar-refractivity contribution >= 4 is 65.3 Å². The van der Waals surface area contributed by atoms with E-state index in [1.54, 1.807) is 0 Å². The highest BCUT2D eigenvalue weighted by atomic mass is 16.3. The molecule has 11 aromatic rings. The van der Waals surface area contributed by atoms with Gasteiger partial charge in [-0.1, -0.05) is 141 Å². The molecule has 12 rings (SSSR count). The third kappa shape index (κ3) is 4.46. The molecule has 0 saturated carbocycles. The number of rotatable bonds is 3. The Morgan fingerprint density at radius 3 is 1.91 bits per heavy atom. The topological polar surface area (TPSA) is 38.9 Å². The first kappa shape index (κ1) is 31.3. The summed E-state index contributed by atoms with van der Waals surface area (Å²) in [4.78, 5) is 10.4. The smallest absolute Gasteiger partial charge is 0.143 e. The zero-order valence-corrected chi connectivity index (χ0v) is 31.0. The molecule has 262 valence electrons. The molecule has 0 unspecified atom stereocenters. The molecule has 0 radical (unpaired) electrons. The standard InChI is InChI=1S/C53H34N2O/c1-53(2)46-21-10-9-18-39(46)43-25-33(22-23-47(43)53)36-27-42(52-45(28-36)44-26-31-12-3-4-13-32(31)29-49(44)56-52)34-14-11-15-35(24-34)48-30-54-50-40-19-7-5-16-37(40)38-17-6-8-20-41(38)51(50)55-48/h3-30H,1-2H3. The number of nitrogens with zero attached hydrogens (tertiary/aromatic N) is 2. The number of furan rings is 1. The van der Waals surface area contributed by atoms with Crippen molar-refractivity contribution in [3.63, 3.8) is 0 Å². The molecular weight excluding hydrogens is 681 g/mol. The van der Waals surface area contributed by atoms with Crippen LogP contribution in [-0.2, 0) is 5.41 Å². The van der Waals surface area contributed by atoms with Crippen molar-refractivity contribution in [1.82, 2.24) is 9.97 Å². The van der Waals surface area contributed by atoms with Crippen LogP contribution in [0.3, 0.4) is 0 Å². The van der Waals surface area contributed by atoms with E-state index in [1.165, 1.54) is 44.0 Å². The Morgan fingerprint density at radius 2 is 1.09 bits per heavy atom. The third-order valence-corrected chi connectivity index (χ3v) is 12.3. The normalized spacial score (nSPS) is 13.3. The van der Waals surface area contributed by atoms with Crippen LogP contribution in [0.15, 0.2) is 174 Å². The lowest BCUT2D eigenvalue weighted by Gasteiger charge is -2.21. The lowest BCUT2D eigenvalue weighted by Crippen LogP contribution is -2.14. The van der Waals surface area contributed by atoms with Crippen molar-refractivity contribution in [1.29, 1.82) is 0 Å². The minimum atomic E-state index is -0.0487. The predicted octanol–water partition coefficient (Wildman–Crippen LogP) is 14.3. The van der Waals surface area contributed by atoms with Crippen LogP contribution in [0.5, 0.6) is 0 Å². The van der Waals surface area contributed by atoms with Gasteiger partial charge in [0.1, 0.15) is 11.2 Å². The van der Waals surface area contributed by atoms with Gasteiger partial charge in [0.2, 0.25) is 0 Å². The Kier molecular flexibility index (Phi) is 6.40. The molecule has 2 aromatic heterocycles. The maximum atomic E-state index is 6.85. The monoisotopic (exact) mass is 714 g/mol. The van der Waals surface area contributed by atoms with Crippen LogP contribution in [0, 0.1) is 0 Å². The number of hydrogen-bond acceptors (Lipinski definition) is 3. The second-order valence-electron chi connectivity index (χ2n) is 15.8. The van der Waals surface area contributed by atoms with Crippen LogP contribution in [-0.4, -0.2) is 9.97 Å². The summed E-state index contributed by atoms with van der Waals surface area (Å²) in [5.74, 6) is 0. The van der Waals surface area contributed by atoms with E-state index in [1.807, 2.05) is 6.20 Å². The highest BCUT2D eigenvalue weighted by Crippen LogP contribution is 2.50. The molecule has 0 bridgehead atoms. The fourth-order valence-electron chi connectivity index (χ4n) is 9.45. The van der Waals surface area contributed by atoms with E-state index >= 15 is 0 Å². The summed E-state index contributed by atoms with van der Waals surface area (Å²) in [5.41, 5.74) is 15.2. The van der Waals surface area contributed by atoms with Gasteiger partial charge >= 0.3 is 0 Å². The molecule has 0 saturated heterocycles. The van der Waals surface area contributed by atoms with Gasteiger partial charge in [0.05, 0.1) is 22.9 Å². The van der Waals surface area contributed by atoms with Gasteiger partial charge < -0.3 is 4.42 Å². The molecule has 0 spiro atoms. The molecule has 1 aliphatic carbocycles. The van der Waals surface area contributed by atoms with Crippen LogP contribution in [0.4, 0.5) is 0 Å². The van der Waals surface area contributed by atoms with Crippen LogP contribution in [0.2, 0.25) is 0 Å². The summed E-state index contributed by atoms with van der Waals surface area (Å²) in [7, 11) is 0. The highest BCUT2D eigenvalue weighted by molar-refractivity contribution is 6.23. The van der Waals surface area contributed by atoms with Crippen LogP contribution >= 0.6 is 0 Å². The fourth-order valence-corrected chi connectivity index (χ4v) is 9.45. The molecule has 0 N–H and O–H groups in total. The van der Waals surface area contributed by atoms with Gasteiger partial charge in [-0.05, 0) is 96.9 Å². The van der Waals surface area contributed by atoms with Gasteiger partial charge in [-0.25, -0.2) is 4.98 Å². The predicted molar refractivity (Wildman–Crippen MR) is 233 cm³/mol. The van der Waals surface area contributed by atoms with Gasteiger partial charge in [-0.3, -0.25) is 4.98 Å². The summed E-state index contributed by atoms with van der Waals surface area (Å²) in [6.45, 7) is 4.67. The number of aromatic nitrogens is 2. The van der Waals surface area contributed by atoms with Crippen molar-refractivity contribution in [2.45, 2.75) is 19.3 Å². The largest absolute Gasteiger partial charge is 0.455 e. The number of fused-ring (bicyclic) bond motifs is 13. The van der Waals surface area contributed by atoms with Crippen LogP contribution < -0.4 is 0 Å². The molecule has 1 aliphatic rings. The zero-order chi connectivity index (χ0) is 37.1. The van der Waals surface area contributed by atoms with E-state index in [-0.39, 0.29) is 5.41 Å². The second-order valence-corrected chi connectivity index (χ2v) is 15.8. The quantitative estimate of drug-likeness (QED) is 0.171. The molecule has 0 aliphatic heterocycles. The Bertz CT molecular complexity index is 3430. The summed E-state index contributed by atoms with van der Waals surface area (Å²) in [5, 5.41) is 9.19. The average molecular weight is 715 g/mol. The molecule has 3 nitrogen and oxygen atoms in total. The summed E-state index contributed by atoms with van der Waals surface area (Å²) in [6.07, 6.45) is 1.92. The van der Waals surface area contributed by atoms with E-state index in [4.69, 9.17) is 14.4 Å². The van der Waals surface area contributed by atoms with E-state index < -0.39 is 0 Å². The SMILES string of the molecule is CC1(C)c2ccccc2-c2cc(-c3cc(-c4cccc(-c5cnc6c7ccccc7c7ccccc7c6n5)c4)c4oc5cc6ccccc6cc5c4c3)ccc21. The van der Waals surface area contributed by atoms with E-state index in [2.05, 4.69) is 178 Å². The first-order chi connectivity index (χ1) is 27.5. The Balaban J connectivity index is 1.08. The van der Waals surface area contributed by atoms with Crippen molar-refractivity contribution in [3.8, 4) is 44.6 Å². The van der Waals surface area contributed by atoms with Crippen LogP contribution in [0.25, 0.3) is 110 Å². The molecule has 0 fully saturated rings. The first-order valence-corrected chi connectivity index (χ1v) is 19.3. The van der Waals surface area contributed by atoms with Crippen molar-refractivity contribution < 1.29 is 4.42 Å². The highest BCUT2D eigenvalue weighted by Gasteiger charge is 2.35. The summed E-state index contributed by atoms with van der Waals surface area (Å²) < 4.78 is 6.85. The van der Waals surface area contributed by atoms with Gasteiger partial charge in [0.15, 0.2) is 0 Å². The minimum Gasteiger partial charge on any atom is -0.455 e. The third-order valence-electron chi connectivity index (χ3n) is 12.3. The Morgan fingerprint density at radius 1 is 0.429 bits per heavy atom. The van der Waals surface area contributed by atoms with Crippen molar-refractivity contribution in [2.75, 3.05) is 0 Å². The van der Waals surface area contributed by atoms with Crippen molar-refractivity contribution in [2.24, 2.45) is 0 Å². The fraction of sp³-hybridized carbons (Fsp3) is 0.0566. The van der Waals surface area contributed by atoms with Gasteiger partial charge in [0, 0.05) is 38.1 Å². The average Bonchev–Trinajstić information content (AvgIpc) is 3.72. The first-order valence-electron chi connectivity index (χ1n) is 19.3.